The molecule has 8 heteroatoms. The molecule has 142 valence electrons. The minimum atomic E-state index is 0.383. The Hall–Kier alpha value is -2.48. The molecule has 0 aromatic carbocycles. The van der Waals surface area contributed by atoms with Crippen LogP contribution in [0.2, 0.25) is 0 Å². The normalized spacial score (nSPS) is 18.3. The van der Waals surface area contributed by atoms with Gasteiger partial charge in [0.2, 0.25) is 5.88 Å². The summed E-state index contributed by atoms with van der Waals surface area (Å²) >= 11 is 0. The second kappa shape index (κ2) is 6.60. The van der Waals surface area contributed by atoms with Crippen LogP contribution in [0.4, 0.5) is 0 Å². The number of hydrogen-bond donors (Lipinski definition) is 0. The topological polar surface area (TPSA) is 73.4 Å². The first kappa shape index (κ1) is 16.7. The van der Waals surface area contributed by atoms with Crippen LogP contribution >= 0.6 is 0 Å². The number of piperidine rings is 1. The van der Waals surface area contributed by atoms with Crippen molar-refractivity contribution in [2.45, 2.75) is 44.6 Å². The van der Waals surface area contributed by atoms with Crippen molar-refractivity contribution in [3.63, 3.8) is 0 Å². The van der Waals surface area contributed by atoms with Gasteiger partial charge in [0.25, 0.3) is 0 Å². The second-order valence-corrected chi connectivity index (χ2v) is 7.60. The molecular formula is C19H25N7O. The fourth-order valence-corrected chi connectivity index (χ4v) is 4.50. The summed E-state index contributed by atoms with van der Waals surface area (Å²) in [6.07, 6.45) is 5.72. The molecule has 0 bridgehead atoms. The van der Waals surface area contributed by atoms with Gasteiger partial charge in [-0.2, -0.15) is 9.61 Å². The van der Waals surface area contributed by atoms with Crippen molar-refractivity contribution in [1.82, 2.24) is 34.5 Å². The molecule has 4 heterocycles. The van der Waals surface area contributed by atoms with Crippen molar-refractivity contribution < 1.29 is 4.74 Å². The van der Waals surface area contributed by atoms with Crippen LogP contribution in [-0.4, -0.2) is 54.7 Å². The number of aryl methyl sites for hydroxylation is 2. The first-order chi connectivity index (χ1) is 13.2. The predicted octanol–water partition coefficient (Wildman–Crippen LogP) is 1.73. The third kappa shape index (κ3) is 2.88. The van der Waals surface area contributed by atoms with E-state index in [0.717, 1.165) is 50.4 Å². The number of methoxy groups -OCH3 is 1. The molecule has 3 aromatic heterocycles. The van der Waals surface area contributed by atoms with Crippen molar-refractivity contribution >= 4 is 5.65 Å². The maximum absolute atomic E-state index is 5.25. The summed E-state index contributed by atoms with van der Waals surface area (Å²) in [7, 11) is 3.72. The number of likely N-dealkylation sites (tertiary alicyclic amines) is 1. The number of aromatic nitrogens is 6. The van der Waals surface area contributed by atoms with E-state index in [0.29, 0.717) is 11.8 Å². The maximum Gasteiger partial charge on any atom is 0.231 e. The molecule has 0 amide bonds. The van der Waals surface area contributed by atoms with Gasteiger partial charge in [-0.15, -0.1) is 15.3 Å². The Labute approximate surface area is 158 Å². The van der Waals surface area contributed by atoms with E-state index in [1.54, 1.807) is 7.11 Å². The Morgan fingerprint density at radius 2 is 1.96 bits per heavy atom. The highest BCUT2D eigenvalue weighted by molar-refractivity contribution is 5.38. The van der Waals surface area contributed by atoms with Crippen molar-refractivity contribution in [2.24, 2.45) is 7.05 Å². The molecule has 0 spiro atoms. The van der Waals surface area contributed by atoms with Crippen LogP contribution in [0.15, 0.2) is 12.1 Å². The summed E-state index contributed by atoms with van der Waals surface area (Å²) < 4.78 is 9.19. The van der Waals surface area contributed by atoms with Gasteiger partial charge in [0.15, 0.2) is 11.5 Å². The number of hydrogen-bond acceptors (Lipinski definition) is 6. The molecule has 1 fully saturated rings. The van der Waals surface area contributed by atoms with Crippen molar-refractivity contribution in [3.8, 4) is 5.88 Å². The molecule has 5 rings (SSSR count). The van der Waals surface area contributed by atoms with Gasteiger partial charge in [0.1, 0.15) is 0 Å². The first-order valence-electron chi connectivity index (χ1n) is 9.75. The summed E-state index contributed by atoms with van der Waals surface area (Å²) in [5.41, 5.74) is 5.00. The van der Waals surface area contributed by atoms with Gasteiger partial charge in [-0.1, -0.05) is 0 Å². The lowest BCUT2D eigenvalue weighted by Crippen LogP contribution is -2.34. The Kier molecular flexibility index (Phi) is 4.07. The summed E-state index contributed by atoms with van der Waals surface area (Å²) in [5.74, 6) is 1.92. The van der Waals surface area contributed by atoms with Crippen LogP contribution in [0.3, 0.4) is 0 Å². The smallest absolute Gasteiger partial charge is 0.231 e. The van der Waals surface area contributed by atoms with E-state index in [-0.39, 0.29) is 0 Å². The average molecular weight is 367 g/mol. The largest absolute Gasteiger partial charge is 0.480 e. The van der Waals surface area contributed by atoms with E-state index >= 15 is 0 Å². The van der Waals surface area contributed by atoms with Crippen LogP contribution in [0, 0.1) is 0 Å². The Balaban J connectivity index is 1.30. The first-order valence-corrected chi connectivity index (χ1v) is 9.75. The Morgan fingerprint density at radius 3 is 2.78 bits per heavy atom. The van der Waals surface area contributed by atoms with Crippen LogP contribution in [-0.2, 0) is 26.4 Å². The molecule has 27 heavy (non-hydrogen) atoms. The second-order valence-electron chi connectivity index (χ2n) is 7.60. The van der Waals surface area contributed by atoms with Crippen LogP contribution in [0.1, 0.15) is 48.0 Å². The third-order valence-corrected chi connectivity index (χ3v) is 6.00. The molecule has 0 unspecified atom stereocenters. The zero-order valence-corrected chi connectivity index (χ0v) is 15.9. The van der Waals surface area contributed by atoms with Gasteiger partial charge in [-0.3, -0.25) is 9.58 Å². The molecule has 2 aliphatic rings. The van der Waals surface area contributed by atoms with Crippen LogP contribution in [0.25, 0.3) is 5.65 Å². The molecule has 1 aliphatic heterocycles. The van der Waals surface area contributed by atoms with Gasteiger partial charge >= 0.3 is 0 Å². The van der Waals surface area contributed by atoms with E-state index in [1.807, 2.05) is 16.6 Å². The highest BCUT2D eigenvalue weighted by Crippen LogP contribution is 2.30. The molecule has 0 N–H and O–H groups in total. The van der Waals surface area contributed by atoms with Gasteiger partial charge in [-0.05, 0) is 56.8 Å². The summed E-state index contributed by atoms with van der Waals surface area (Å²) in [6.45, 7) is 3.12. The number of fused-ring (bicyclic) bond motifs is 2. The van der Waals surface area contributed by atoms with Gasteiger partial charge in [0, 0.05) is 25.6 Å². The third-order valence-electron chi connectivity index (χ3n) is 6.00. The highest BCUT2D eigenvalue weighted by atomic mass is 16.5. The Morgan fingerprint density at radius 1 is 1.11 bits per heavy atom. The maximum atomic E-state index is 5.25. The summed E-state index contributed by atoms with van der Waals surface area (Å²) in [5, 5.41) is 17.9. The molecule has 0 saturated carbocycles. The summed E-state index contributed by atoms with van der Waals surface area (Å²) in [4.78, 5) is 2.54. The Bertz CT molecular complexity index is 968. The van der Waals surface area contributed by atoms with Gasteiger partial charge in [0.05, 0.1) is 18.5 Å². The van der Waals surface area contributed by atoms with E-state index in [4.69, 9.17) is 9.84 Å². The standard InChI is InChI=1S/C19H25N7O/c1-24-16(14-4-3-5-15(14)22-24)12-25-10-8-13(9-11-25)19-21-20-17-6-7-18(27-2)23-26(17)19/h6-7,13H,3-5,8-12H2,1-2H3. The number of ether oxygens (including phenoxy) is 1. The molecular weight excluding hydrogens is 342 g/mol. The summed E-state index contributed by atoms with van der Waals surface area (Å²) in [6, 6.07) is 3.73. The fraction of sp³-hybridized carbons (Fsp3) is 0.579. The van der Waals surface area contributed by atoms with Gasteiger partial charge < -0.3 is 4.74 Å². The molecule has 8 nitrogen and oxygen atoms in total. The SMILES string of the molecule is COc1ccc2nnc(C3CCN(Cc4c5c(nn4C)CCC5)CC3)n2n1. The quantitative estimate of drug-likeness (QED) is 0.699. The zero-order valence-electron chi connectivity index (χ0n) is 15.9. The van der Waals surface area contributed by atoms with Crippen molar-refractivity contribution in [3.05, 3.63) is 34.9 Å². The number of rotatable bonds is 4. The predicted molar refractivity (Wildman–Crippen MR) is 99.8 cm³/mol. The highest BCUT2D eigenvalue weighted by Gasteiger charge is 2.27. The van der Waals surface area contributed by atoms with Crippen molar-refractivity contribution in [2.75, 3.05) is 20.2 Å². The minimum absolute atomic E-state index is 0.383. The molecule has 0 atom stereocenters. The van der Waals surface area contributed by atoms with E-state index in [1.165, 1.54) is 29.8 Å². The average Bonchev–Trinajstić information content (AvgIpc) is 3.38. The van der Waals surface area contributed by atoms with E-state index < -0.39 is 0 Å². The van der Waals surface area contributed by atoms with Gasteiger partial charge in [-0.25, -0.2) is 0 Å². The van der Waals surface area contributed by atoms with Crippen LogP contribution < -0.4 is 4.74 Å². The molecule has 0 radical (unpaired) electrons. The number of nitrogens with zero attached hydrogens (tertiary/aromatic N) is 7. The lowest BCUT2D eigenvalue weighted by atomic mass is 9.96. The lowest BCUT2D eigenvalue weighted by molar-refractivity contribution is 0.196. The monoisotopic (exact) mass is 367 g/mol. The minimum Gasteiger partial charge on any atom is -0.480 e. The van der Waals surface area contributed by atoms with E-state index in [9.17, 15) is 0 Å². The molecule has 1 aliphatic carbocycles. The fourth-order valence-electron chi connectivity index (χ4n) is 4.50. The lowest BCUT2D eigenvalue weighted by Gasteiger charge is -2.31. The zero-order chi connectivity index (χ0) is 18.4. The molecule has 3 aromatic rings. The van der Waals surface area contributed by atoms with Crippen molar-refractivity contribution in [1.29, 1.82) is 0 Å². The molecule has 1 saturated heterocycles. The van der Waals surface area contributed by atoms with E-state index in [2.05, 4.69) is 31.9 Å². The van der Waals surface area contributed by atoms with Crippen LogP contribution in [0.5, 0.6) is 5.88 Å².